The van der Waals surface area contributed by atoms with Gasteiger partial charge in [-0.2, -0.15) is 0 Å². The van der Waals surface area contributed by atoms with Crippen LogP contribution in [-0.2, 0) is 4.79 Å². The Balaban J connectivity index is 2.50. The lowest BCUT2D eigenvalue weighted by Crippen LogP contribution is -2.17. The summed E-state index contributed by atoms with van der Waals surface area (Å²) in [6.45, 7) is 3.66. The first kappa shape index (κ1) is 10.6. The van der Waals surface area contributed by atoms with Gasteiger partial charge in [0.25, 0.3) is 0 Å². The minimum absolute atomic E-state index is 0.0205. The van der Waals surface area contributed by atoms with E-state index >= 15 is 0 Å². The molecule has 1 aliphatic heterocycles. The summed E-state index contributed by atoms with van der Waals surface area (Å²) in [5.41, 5.74) is 1.52. The number of carbonyl (C=O) groups excluding carboxylic acids is 1. The molecule has 2 rings (SSSR count). The molecular formula is C13H13NO2. The van der Waals surface area contributed by atoms with E-state index in [1.165, 1.54) is 0 Å². The first-order valence-corrected chi connectivity index (χ1v) is 5.23. The van der Waals surface area contributed by atoms with Crippen LogP contribution in [0.5, 0.6) is 5.75 Å². The Labute approximate surface area is 94.8 Å². The molecule has 0 saturated carbocycles. The maximum absolute atomic E-state index is 11.5. The van der Waals surface area contributed by atoms with E-state index in [9.17, 15) is 4.79 Å². The van der Waals surface area contributed by atoms with Crippen LogP contribution < -0.4 is 10.1 Å². The van der Waals surface area contributed by atoms with Crippen molar-refractivity contribution < 1.29 is 9.53 Å². The number of amides is 1. The predicted molar refractivity (Wildman–Crippen MR) is 62.3 cm³/mol. The molecule has 16 heavy (non-hydrogen) atoms. The van der Waals surface area contributed by atoms with E-state index in [1.807, 2.05) is 25.1 Å². The highest BCUT2D eigenvalue weighted by atomic mass is 16.5. The number of anilines is 1. The SMILES string of the molecule is CC#Cc1cccc2c1O[C@H](C)CC(=O)N2. The van der Waals surface area contributed by atoms with Crippen LogP contribution in [0.3, 0.4) is 0 Å². The second-order valence-electron chi connectivity index (χ2n) is 3.74. The van der Waals surface area contributed by atoms with Crippen molar-refractivity contribution in [1.29, 1.82) is 0 Å². The van der Waals surface area contributed by atoms with Crippen molar-refractivity contribution in [2.24, 2.45) is 0 Å². The Morgan fingerprint density at radius 1 is 1.50 bits per heavy atom. The normalized spacial score (nSPS) is 18.4. The van der Waals surface area contributed by atoms with Crippen LogP contribution in [0, 0.1) is 11.8 Å². The Morgan fingerprint density at radius 3 is 3.06 bits per heavy atom. The predicted octanol–water partition coefficient (Wildman–Crippen LogP) is 2.17. The Bertz CT molecular complexity index is 482. The van der Waals surface area contributed by atoms with Gasteiger partial charge in [-0.05, 0) is 26.0 Å². The van der Waals surface area contributed by atoms with Gasteiger partial charge in [0, 0.05) is 0 Å². The number of benzene rings is 1. The molecule has 1 atom stereocenters. The van der Waals surface area contributed by atoms with Gasteiger partial charge in [-0.3, -0.25) is 4.79 Å². The summed E-state index contributed by atoms with van der Waals surface area (Å²) in [6, 6.07) is 5.57. The molecule has 82 valence electrons. The Kier molecular flexibility index (Phi) is 2.82. The number of ether oxygens (including phenoxy) is 1. The smallest absolute Gasteiger partial charge is 0.228 e. The van der Waals surface area contributed by atoms with Gasteiger partial charge in [-0.25, -0.2) is 0 Å². The highest BCUT2D eigenvalue weighted by Crippen LogP contribution is 2.32. The monoisotopic (exact) mass is 215 g/mol. The summed E-state index contributed by atoms with van der Waals surface area (Å²) in [5.74, 6) is 6.47. The van der Waals surface area contributed by atoms with Crippen molar-refractivity contribution >= 4 is 11.6 Å². The third-order valence-corrected chi connectivity index (χ3v) is 2.34. The van der Waals surface area contributed by atoms with Crippen molar-refractivity contribution in [3.63, 3.8) is 0 Å². The van der Waals surface area contributed by atoms with Crippen molar-refractivity contribution in [3.05, 3.63) is 23.8 Å². The van der Waals surface area contributed by atoms with Gasteiger partial charge in [-0.15, -0.1) is 5.92 Å². The van der Waals surface area contributed by atoms with E-state index in [4.69, 9.17) is 4.74 Å². The van der Waals surface area contributed by atoms with Crippen molar-refractivity contribution in [1.82, 2.24) is 0 Å². The van der Waals surface area contributed by atoms with Crippen LogP contribution in [0.15, 0.2) is 18.2 Å². The lowest BCUT2D eigenvalue weighted by atomic mass is 10.1. The highest BCUT2D eigenvalue weighted by Gasteiger charge is 2.20. The molecule has 0 bridgehead atoms. The van der Waals surface area contributed by atoms with Crippen molar-refractivity contribution in [2.75, 3.05) is 5.32 Å². The molecular weight excluding hydrogens is 202 g/mol. The molecule has 0 aliphatic carbocycles. The Hall–Kier alpha value is -1.95. The van der Waals surface area contributed by atoms with Crippen LogP contribution in [-0.4, -0.2) is 12.0 Å². The number of hydrogen-bond donors (Lipinski definition) is 1. The molecule has 0 aromatic heterocycles. The van der Waals surface area contributed by atoms with Crippen LogP contribution >= 0.6 is 0 Å². The summed E-state index contributed by atoms with van der Waals surface area (Å²) in [5, 5.41) is 2.82. The van der Waals surface area contributed by atoms with Crippen LogP contribution in [0.1, 0.15) is 25.8 Å². The van der Waals surface area contributed by atoms with E-state index in [1.54, 1.807) is 6.92 Å². The second-order valence-corrected chi connectivity index (χ2v) is 3.74. The topological polar surface area (TPSA) is 38.3 Å². The zero-order chi connectivity index (χ0) is 11.5. The van der Waals surface area contributed by atoms with E-state index in [0.29, 0.717) is 17.9 Å². The maximum atomic E-state index is 11.5. The van der Waals surface area contributed by atoms with Crippen molar-refractivity contribution in [3.8, 4) is 17.6 Å². The summed E-state index contributed by atoms with van der Waals surface area (Å²) in [6.07, 6.45) is 0.245. The van der Waals surface area contributed by atoms with Gasteiger partial charge in [-0.1, -0.05) is 12.0 Å². The molecule has 0 spiro atoms. The fourth-order valence-corrected chi connectivity index (χ4v) is 1.70. The maximum Gasteiger partial charge on any atom is 0.228 e. The molecule has 3 heteroatoms. The standard InChI is InChI=1S/C13H13NO2/c1-3-5-10-6-4-7-11-13(10)16-9(2)8-12(15)14-11/h4,6-7,9H,8H2,1-2H3,(H,14,15)/t9-/m1/s1. The van der Waals surface area contributed by atoms with Gasteiger partial charge in [0.2, 0.25) is 5.91 Å². The fourth-order valence-electron chi connectivity index (χ4n) is 1.70. The summed E-state index contributed by atoms with van der Waals surface area (Å²) < 4.78 is 5.73. The van der Waals surface area contributed by atoms with Gasteiger partial charge in [0.15, 0.2) is 5.75 Å². The quantitative estimate of drug-likeness (QED) is 0.673. The molecule has 3 nitrogen and oxygen atoms in total. The van der Waals surface area contributed by atoms with E-state index in [0.717, 1.165) is 5.56 Å². The molecule has 1 aromatic carbocycles. The van der Waals surface area contributed by atoms with E-state index in [2.05, 4.69) is 17.2 Å². The third kappa shape index (κ3) is 2.01. The lowest BCUT2D eigenvalue weighted by Gasteiger charge is -2.12. The van der Waals surface area contributed by atoms with Crippen LogP contribution in [0.25, 0.3) is 0 Å². The average molecular weight is 215 g/mol. The molecule has 0 fully saturated rings. The highest BCUT2D eigenvalue weighted by molar-refractivity contribution is 5.93. The van der Waals surface area contributed by atoms with Gasteiger partial charge >= 0.3 is 0 Å². The van der Waals surface area contributed by atoms with Gasteiger partial charge < -0.3 is 10.1 Å². The van der Waals surface area contributed by atoms with Crippen LogP contribution in [0.2, 0.25) is 0 Å². The third-order valence-electron chi connectivity index (χ3n) is 2.34. The van der Waals surface area contributed by atoms with E-state index < -0.39 is 0 Å². The number of carbonyl (C=O) groups is 1. The minimum atomic E-state index is -0.124. The zero-order valence-electron chi connectivity index (χ0n) is 9.33. The summed E-state index contributed by atoms with van der Waals surface area (Å²) in [7, 11) is 0. The van der Waals surface area contributed by atoms with Gasteiger partial charge in [0.05, 0.1) is 17.7 Å². The van der Waals surface area contributed by atoms with Crippen molar-refractivity contribution in [2.45, 2.75) is 26.4 Å². The molecule has 0 unspecified atom stereocenters. The molecule has 1 aromatic rings. The number of fused-ring (bicyclic) bond motifs is 1. The Morgan fingerprint density at radius 2 is 2.31 bits per heavy atom. The summed E-state index contributed by atoms with van der Waals surface area (Å²) in [4.78, 5) is 11.5. The molecule has 1 heterocycles. The molecule has 1 aliphatic rings. The molecule has 1 amide bonds. The number of nitrogens with one attached hydrogen (secondary N) is 1. The van der Waals surface area contributed by atoms with Gasteiger partial charge in [0.1, 0.15) is 6.10 Å². The average Bonchev–Trinajstić information content (AvgIpc) is 2.36. The number of hydrogen-bond acceptors (Lipinski definition) is 2. The number of para-hydroxylation sites is 1. The zero-order valence-corrected chi connectivity index (χ0v) is 9.33. The first-order chi connectivity index (χ1) is 7.70. The van der Waals surface area contributed by atoms with E-state index in [-0.39, 0.29) is 12.0 Å². The van der Waals surface area contributed by atoms with Crippen LogP contribution in [0.4, 0.5) is 5.69 Å². The largest absolute Gasteiger partial charge is 0.487 e. The second kappa shape index (κ2) is 4.28. The number of rotatable bonds is 0. The minimum Gasteiger partial charge on any atom is -0.487 e. The summed E-state index contributed by atoms with van der Waals surface area (Å²) >= 11 is 0. The molecule has 0 radical (unpaired) electrons. The lowest BCUT2D eigenvalue weighted by molar-refractivity contribution is -0.117. The molecule has 1 N–H and O–H groups in total. The molecule has 0 saturated heterocycles. The first-order valence-electron chi connectivity index (χ1n) is 5.23. The fraction of sp³-hybridized carbons (Fsp3) is 0.308.